The number of rotatable bonds is 0. The zero-order valence-electron chi connectivity index (χ0n) is 7.41. The van der Waals surface area contributed by atoms with Crippen molar-refractivity contribution < 1.29 is 0 Å². The Kier molecular flexibility index (Phi) is 5.46. The van der Waals surface area contributed by atoms with Gasteiger partial charge in [0.15, 0.2) is 0 Å². The Morgan fingerprint density at radius 3 is 2.40 bits per heavy atom. The predicted molar refractivity (Wildman–Crippen MR) is 70.7 cm³/mol. The lowest BCUT2D eigenvalue weighted by atomic mass is 10.2. The number of nitrogen functional groups attached to an aromatic ring is 1. The Morgan fingerprint density at radius 2 is 1.73 bits per heavy atom. The standard InChI is InChI=1S/C9H6Cl2N2.2ClH/c10-6-1-5-2-7(12)4-13-9(5)8(11)3-6;;/h1-4H,12H2;2*1H. The maximum atomic E-state index is 5.93. The molecule has 1 aromatic heterocycles. The highest BCUT2D eigenvalue weighted by Crippen LogP contribution is 2.26. The van der Waals surface area contributed by atoms with Gasteiger partial charge in [-0.25, -0.2) is 0 Å². The molecule has 0 atom stereocenters. The number of fused-ring (bicyclic) bond motifs is 1. The van der Waals surface area contributed by atoms with Gasteiger partial charge in [0.1, 0.15) is 0 Å². The number of nitrogens with two attached hydrogens (primary N) is 1. The third-order valence-electron chi connectivity index (χ3n) is 1.72. The van der Waals surface area contributed by atoms with Crippen molar-refractivity contribution in [2.45, 2.75) is 0 Å². The van der Waals surface area contributed by atoms with Crippen molar-refractivity contribution in [3.63, 3.8) is 0 Å². The Labute approximate surface area is 110 Å². The number of anilines is 1. The average molecular weight is 286 g/mol. The highest BCUT2D eigenvalue weighted by Gasteiger charge is 2.02. The first-order valence-electron chi connectivity index (χ1n) is 3.67. The van der Waals surface area contributed by atoms with Crippen LogP contribution in [0.3, 0.4) is 0 Å². The van der Waals surface area contributed by atoms with Gasteiger partial charge in [0.2, 0.25) is 0 Å². The SMILES string of the molecule is Cl.Cl.Nc1cnc2c(Cl)cc(Cl)cc2c1. The lowest BCUT2D eigenvalue weighted by molar-refractivity contribution is 1.41. The fourth-order valence-corrected chi connectivity index (χ4v) is 1.75. The number of benzene rings is 1. The Hall–Kier alpha value is -0.410. The predicted octanol–water partition coefficient (Wildman–Crippen LogP) is 3.97. The monoisotopic (exact) mass is 284 g/mol. The fraction of sp³-hybridized carbons (Fsp3) is 0. The van der Waals surface area contributed by atoms with Gasteiger partial charge in [0.05, 0.1) is 22.4 Å². The van der Waals surface area contributed by atoms with Crippen LogP contribution in [0.5, 0.6) is 0 Å². The number of aromatic nitrogens is 1. The minimum Gasteiger partial charge on any atom is -0.397 e. The van der Waals surface area contributed by atoms with E-state index in [1.165, 1.54) is 0 Å². The zero-order valence-corrected chi connectivity index (χ0v) is 10.6. The van der Waals surface area contributed by atoms with Crippen molar-refractivity contribution in [1.82, 2.24) is 4.98 Å². The summed E-state index contributed by atoms with van der Waals surface area (Å²) in [6, 6.07) is 5.24. The summed E-state index contributed by atoms with van der Waals surface area (Å²) >= 11 is 11.8. The first-order chi connectivity index (χ1) is 6.16. The van der Waals surface area contributed by atoms with Crippen LogP contribution in [0.15, 0.2) is 24.4 Å². The van der Waals surface area contributed by atoms with Crippen molar-refractivity contribution in [2.75, 3.05) is 5.73 Å². The number of hydrogen-bond acceptors (Lipinski definition) is 2. The molecule has 0 saturated carbocycles. The van der Waals surface area contributed by atoms with E-state index in [1.807, 2.05) is 0 Å². The molecule has 82 valence electrons. The molecule has 0 spiro atoms. The molecule has 2 nitrogen and oxygen atoms in total. The number of pyridine rings is 1. The van der Waals surface area contributed by atoms with E-state index < -0.39 is 0 Å². The van der Waals surface area contributed by atoms with Crippen molar-refractivity contribution in [2.24, 2.45) is 0 Å². The molecule has 0 aliphatic carbocycles. The molecule has 1 heterocycles. The summed E-state index contributed by atoms with van der Waals surface area (Å²) in [5, 5.41) is 1.99. The number of hydrogen-bond donors (Lipinski definition) is 1. The van der Waals surface area contributed by atoms with Gasteiger partial charge in [-0.15, -0.1) is 24.8 Å². The molecule has 2 rings (SSSR count). The molecule has 6 heteroatoms. The molecule has 2 N–H and O–H groups in total. The molecule has 15 heavy (non-hydrogen) atoms. The van der Waals surface area contributed by atoms with Crippen LogP contribution in [0.25, 0.3) is 10.9 Å². The lowest BCUT2D eigenvalue weighted by Crippen LogP contribution is -1.87. The Bertz CT molecular complexity index is 468. The quantitative estimate of drug-likeness (QED) is 0.795. The van der Waals surface area contributed by atoms with E-state index in [0.29, 0.717) is 15.7 Å². The van der Waals surface area contributed by atoms with Crippen LogP contribution < -0.4 is 5.73 Å². The largest absolute Gasteiger partial charge is 0.397 e. The normalized spacial score (nSPS) is 9.20. The average Bonchev–Trinajstić information content (AvgIpc) is 2.02. The minimum atomic E-state index is 0. The van der Waals surface area contributed by atoms with Crippen molar-refractivity contribution in [3.8, 4) is 0 Å². The number of nitrogens with zero attached hydrogens (tertiary/aromatic N) is 1. The summed E-state index contributed by atoms with van der Waals surface area (Å²) in [6.45, 7) is 0. The summed E-state index contributed by atoms with van der Waals surface area (Å²) in [6.07, 6.45) is 1.57. The second kappa shape index (κ2) is 5.61. The molecule has 0 bridgehead atoms. The topological polar surface area (TPSA) is 38.9 Å². The maximum Gasteiger partial charge on any atom is 0.0890 e. The summed E-state index contributed by atoms with van der Waals surface area (Å²) in [7, 11) is 0. The Balaban J connectivity index is 0.000000980. The summed E-state index contributed by atoms with van der Waals surface area (Å²) in [5.41, 5.74) is 6.90. The maximum absolute atomic E-state index is 5.93. The second-order valence-electron chi connectivity index (χ2n) is 2.73. The van der Waals surface area contributed by atoms with E-state index in [1.54, 1.807) is 24.4 Å². The van der Waals surface area contributed by atoms with E-state index in [9.17, 15) is 0 Å². The highest BCUT2D eigenvalue weighted by atomic mass is 35.5. The van der Waals surface area contributed by atoms with Gasteiger partial charge in [0, 0.05) is 10.4 Å². The van der Waals surface area contributed by atoms with Gasteiger partial charge in [-0.05, 0) is 18.2 Å². The molecule has 0 saturated heterocycles. The van der Waals surface area contributed by atoms with Crippen LogP contribution in [-0.4, -0.2) is 4.98 Å². The summed E-state index contributed by atoms with van der Waals surface area (Å²) in [5.74, 6) is 0. The van der Waals surface area contributed by atoms with E-state index in [4.69, 9.17) is 28.9 Å². The molecular weight excluding hydrogens is 278 g/mol. The van der Waals surface area contributed by atoms with E-state index in [2.05, 4.69) is 4.98 Å². The van der Waals surface area contributed by atoms with Gasteiger partial charge < -0.3 is 5.73 Å². The van der Waals surface area contributed by atoms with Crippen LogP contribution in [-0.2, 0) is 0 Å². The lowest BCUT2D eigenvalue weighted by Gasteiger charge is -2.01. The molecule has 2 aromatic rings. The van der Waals surface area contributed by atoms with Crippen molar-refractivity contribution in [1.29, 1.82) is 0 Å². The van der Waals surface area contributed by atoms with Crippen molar-refractivity contribution in [3.05, 3.63) is 34.4 Å². The third kappa shape index (κ3) is 3.02. The molecule has 0 amide bonds. The molecular formula is C9H8Cl4N2. The summed E-state index contributed by atoms with van der Waals surface area (Å²) in [4.78, 5) is 4.11. The van der Waals surface area contributed by atoms with Gasteiger partial charge in [-0.2, -0.15) is 0 Å². The molecule has 1 aromatic carbocycles. The highest BCUT2D eigenvalue weighted by molar-refractivity contribution is 6.38. The van der Waals surface area contributed by atoms with Gasteiger partial charge in [0.25, 0.3) is 0 Å². The first kappa shape index (κ1) is 14.6. The van der Waals surface area contributed by atoms with Crippen molar-refractivity contribution >= 4 is 64.6 Å². The number of halogens is 4. The second-order valence-corrected chi connectivity index (χ2v) is 3.57. The molecule has 0 fully saturated rings. The van der Waals surface area contributed by atoms with E-state index in [-0.39, 0.29) is 24.8 Å². The van der Waals surface area contributed by atoms with E-state index >= 15 is 0 Å². The van der Waals surface area contributed by atoms with Gasteiger partial charge in [-0.3, -0.25) is 4.98 Å². The van der Waals surface area contributed by atoms with Crippen LogP contribution in [0, 0.1) is 0 Å². The zero-order chi connectivity index (χ0) is 9.42. The summed E-state index contributed by atoms with van der Waals surface area (Å²) < 4.78 is 0. The minimum absolute atomic E-state index is 0. The smallest absolute Gasteiger partial charge is 0.0890 e. The van der Waals surface area contributed by atoms with Crippen LogP contribution in [0.4, 0.5) is 5.69 Å². The van der Waals surface area contributed by atoms with Gasteiger partial charge >= 0.3 is 0 Å². The third-order valence-corrected chi connectivity index (χ3v) is 2.23. The van der Waals surface area contributed by atoms with Crippen LogP contribution >= 0.6 is 48.0 Å². The fourth-order valence-electron chi connectivity index (χ4n) is 1.19. The first-order valence-corrected chi connectivity index (χ1v) is 4.43. The molecule has 0 aliphatic heterocycles. The van der Waals surface area contributed by atoms with Crippen LogP contribution in [0.1, 0.15) is 0 Å². The van der Waals surface area contributed by atoms with Crippen LogP contribution in [0.2, 0.25) is 10.0 Å². The molecule has 0 aliphatic rings. The molecule has 0 unspecified atom stereocenters. The van der Waals surface area contributed by atoms with Gasteiger partial charge in [-0.1, -0.05) is 23.2 Å². The Morgan fingerprint density at radius 1 is 1.07 bits per heavy atom. The molecule has 0 radical (unpaired) electrons. The van der Waals surface area contributed by atoms with E-state index in [0.717, 1.165) is 10.9 Å².